The first-order valence-corrected chi connectivity index (χ1v) is 7.36. The zero-order chi connectivity index (χ0) is 13.1. The molecule has 0 bridgehead atoms. The molecule has 3 heteroatoms. The van der Waals surface area contributed by atoms with Gasteiger partial charge in [-0.15, -0.1) is 0 Å². The summed E-state index contributed by atoms with van der Waals surface area (Å²) in [6.07, 6.45) is 0. The third-order valence-electron chi connectivity index (χ3n) is 2.80. The molecule has 0 fully saturated rings. The van der Waals surface area contributed by atoms with E-state index in [0.29, 0.717) is 5.56 Å². The van der Waals surface area contributed by atoms with Gasteiger partial charge in [-0.3, -0.25) is 0 Å². The normalized spacial score (nSPS) is 10.3. The second-order valence-electron chi connectivity index (χ2n) is 4.15. The summed E-state index contributed by atoms with van der Waals surface area (Å²) in [5.41, 5.74) is 2.61. The summed E-state index contributed by atoms with van der Waals surface area (Å²) in [6, 6.07) is 13.8. The van der Waals surface area contributed by atoms with E-state index in [9.17, 15) is 9.90 Å². The molecule has 2 nitrogen and oxygen atoms in total. The van der Waals surface area contributed by atoms with Crippen LogP contribution in [0.1, 0.15) is 21.5 Å². The van der Waals surface area contributed by atoms with E-state index in [1.54, 1.807) is 6.07 Å². The first-order valence-electron chi connectivity index (χ1n) is 5.65. The van der Waals surface area contributed by atoms with Crippen molar-refractivity contribution >= 4 is 29.8 Å². The van der Waals surface area contributed by atoms with Crippen LogP contribution in [-0.2, 0) is 0 Å². The average Bonchev–Trinajstić information content (AvgIpc) is 2.34. The SMILES string of the molecule is Cc1cc([Se]c2ccccc2)c(C(=O)O)cc1C. The molecular formula is C15H14O2Se. The summed E-state index contributed by atoms with van der Waals surface area (Å²) < 4.78 is 2.13. The van der Waals surface area contributed by atoms with Crippen LogP contribution in [0.2, 0.25) is 0 Å². The molecule has 0 saturated heterocycles. The molecule has 0 radical (unpaired) electrons. The van der Waals surface area contributed by atoms with Crippen molar-refractivity contribution in [3.05, 3.63) is 59.2 Å². The molecule has 0 aliphatic carbocycles. The van der Waals surface area contributed by atoms with Crippen molar-refractivity contribution in [2.45, 2.75) is 13.8 Å². The number of carboxylic acids is 1. The predicted octanol–water partition coefficient (Wildman–Crippen LogP) is 1.66. The standard InChI is InChI=1S/C15H14O2Se/c1-10-8-13(15(16)17)14(9-11(10)2)18-12-6-4-3-5-7-12/h3-9H,1-2H3,(H,16,17). The van der Waals surface area contributed by atoms with Crippen LogP contribution in [0, 0.1) is 13.8 Å². The topological polar surface area (TPSA) is 37.3 Å². The Labute approximate surface area is 113 Å². The van der Waals surface area contributed by atoms with Crippen LogP contribution in [-0.4, -0.2) is 26.0 Å². The van der Waals surface area contributed by atoms with E-state index in [1.807, 2.05) is 50.2 Å². The minimum absolute atomic E-state index is 0.0352. The number of rotatable bonds is 3. The third kappa shape index (κ3) is 2.81. The van der Waals surface area contributed by atoms with E-state index in [-0.39, 0.29) is 15.0 Å². The Morgan fingerprint density at radius 3 is 2.28 bits per heavy atom. The summed E-state index contributed by atoms with van der Waals surface area (Å²) in [4.78, 5) is 11.3. The van der Waals surface area contributed by atoms with E-state index < -0.39 is 5.97 Å². The van der Waals surface area contributed by atoms with Gasteiger partial charge in [-0.05, 0) is 0 Å². The van der Waals surface area contributed by atoms with Gasteiger partial charge in [0.1, 0.15) is 0 Å². The van der Waals surface area contributed by atoms with Gasteiger partial charge in [0, 0.05) is 0 Å². The first kappa shape index (κ1) is 12.9. The van der Waals surface area contributed by atoms with Gasteiger partial charge in [0.15, 0.2) is 0 Å². The number of carbonyl (C=O) groups is 1. The number of benzene rings is 2. The molecule has 2 aromatic rings. The minimum atomic E-state index is -0.842. The van der Waals surface area contributed by atoms with Gasteiger partial charge in [-0.25, -0.2) is 0 Å². The molecule has 0 aromatic heterocycles. The van der Waals surface area contributed by atoms with E-state index in [4.69, 9.17) is 0 Å². The van der Waals surface area contributed by atoms with E-state index in [1.165, 1.54) is 4.46 Å². The number of aromatic carboxylic acids is 1. The van der Waals surface area contributed by atoms with E-state index in [0.717, 1.165) is 15.6 Å². The van der Waals surface area contributed by atoms with Crippen LogP contribution in [0.25, 0.3) is 0 Å². The maximum absolute atomic E-state index is 11.3. The van der Waals surface area contributed by atoms with E-state index >= 15 is 0 Å². The predicted molar refractivity (Wildman–Crippen MR) is 74.3 cm³/mol. The number of hydrogen-bond acceptors (Lipinski definition) is 1. The summed E-state index contributed by atoms with van der Waals surface area (Å²) in [6.45, 7) is 3.96. The van der Waals surface area contributed by atoms with Gasteiger partial charge in [0.05, 0.1) is 0 Å². The Hall–Kier alpha value is -1.57. The molecule has 0 amide bonds. The third-order valence-corrected chi connectivity index (χ3v) is 5.03. The Morgan fingerprint density at radius 2 is 1.67 bits per heavy atom. The van der Waals surface area contributed by atoms with Crippen LogP contribution in [0.15, 0.2) is 42.5 Å². The van der Waals surface area contributed by atoms with Crippen LogP contribution in [0.5, 0.6) is 0 Å². The Bertz CT molecular complexity index is 577. The average molecular weight is 305 g/mol. The molecule has 0 atom stereocenters. The van der Waals surface area contributed by atoms with Gasteiger partial charge < -0.3 is 0 Å². The molecule has 2 rings (SSSR count). The molecular weight excluding hydrogens is 291 g/mol. The summed E-state index contributed by atoms with van der Waals surface area (Å²) in [5.74, 6) is -0.842. The van der Waals surface area contributed by atoms with Crippen molar-refractivity contribution in [1.82, 2.24) is 0 Å². The number of aryl methyl sites for hydroxylation is 2. The fourth-order valence-electron chi connectivity index (χ4n) is 1.66. The Morgan fingerprint density at radius 1 is 1.06 bits per heavy atom. The van der Waals surface area contributed by atoms with Crippen molar-refractivity contribution in [1.29, 1.82) is 0 Å². The summed E-state index contributed by atoms with van der Waals surface area (Å²) >= 11 is 0.0352. The van der Waals surface area contributed by atoms with Crippen LogP contribution < -0.4 is 8.92 Å². The van der Waals surface area contributed by atoms with Crippen LogP contribution in [0.4, 0.5) is 0 Å². The van der Waals surface area contributed by atoms with Gasteiger partial charge in [0.2, 0.25) is 0 Å². The molecule has 92 valence electrons. The molecule has 0 heterocycles. The monoisotopic (exact) mass is 306 g/mol. The van der Waals surface area contributed by atoms with Crippen molar-refractivity contribution in [3.63, 3.8) is 0 Å². The van der Waals surface area contributed by atoms with Crippen molar-refractivity contribution < 1.29 is 9.90 Å². The summed E-state index contributed by atoms with van der Waals surface area (Å²) in [5, 5.41) is 9.27. The zero-order valence-electron chi connectivity index (χ0n) is 10.3. The number of hydrogen-bond donors (Lipinski definition) is 1. The molecule has 0 aliphatic heterocycles. The first-order chi connectivity index (χ1) is 8.58. The zero-order valence-corrected chi connectivity index (χ0v) is 12.0. The van der Waals surface area contributed by atoms with Gasteiger partial charge in [-0.1, -0.05) is 0 Å². The van der Waals surface area contributed by atoms with Gasteiger partial charge in [-0.2, -0.15) is 0 Å². The van der Waals surface area contributed by atoms with Gasteiger partial charge >= 0.3 is 113 Å². The Balaban J connectivity index is 2.43. The van der Waals surface area contributed by atoms with Crippen LogP contribution >= 0.6 is 0 Å². The fourth-order valence-corrected chi connectivity index (χ4v) is 3.84. The fraction of sp³-hybridized carbons (Fsp3) is 0.133. The second kappa shape index (κ2) is 5.38. The maximum atomic E-state index is 11.3. The van der Waals surface area contributed by atoms with Crippen molar-refractivity contribution in [2.75, 3.05) is 0 Å². The number of carboxylic acid groups (broad SMARTS) is 1. The van der Waals surface area contributed by atoms with Gasteiger partial charge in [0.25, 0.3) is 0 Å². The summed E-state index contributed by atoms with van der Waals surface area (Å²) in [7, 11) is 0. The molecule has 2 aromatic carbocycles. The molecule has 0 spiro atoms. The molecule has 1 N–H and O–H groups in total. The Kier molecular flexibility index (Phi) is 3.85. The van der Waals surface area contributed by atoms with Crippen LogP contribution in [0.3, 0.4) is 0 Å². The second-order valence-corrected chi connectivity index (χ2v) is 6.49. The molecule has 0 aliphatic rings. The molecule has 18 heavy (non-hydrogen) atoms. The van der Waals surface area contributed by atoms with Crippen molar-refractivity contribution in [2.24, 2.45) is 0 Å². The quantitative estimate of drug-likeness (QED) is 0.876. The molecule has 0 saturated carbocycles. The molecule has 0 unspecified atom stereocenters. The van der Waals surface area contributed by atoms with E-state index in [2.05, 4.69) is 0 Å². The van der Waals surface area contributed by atoms with Crippen molar-refractivity contribution in [3.8, 4) is 0 Å².